The minimum Gasteiger partial charge on any atom is -0.380 e. The molecule has 0 radical (unpaired) electrons. The number of thioether (sulfide) groups is 1. The van der Waals surface area contributed by atoms with Crippen molar-refractivity contribution in [2.24, 2.45) is 5.92 Å². The molecule has 184 valence electrons. The van der Waals surface area contributed by atoms with Crippen LogP contribution in [0.15, 0.2) is 78.9 Å². The standard InChI is InChI=1S/C32H32ClNOS/c1-35-21-28-8-3-2-7-27(28)19-31(36-22-24-9-10-24)18-25-6-4-5-23(17-25)11-15-30-16-13-26-12-14-29(33)20-32(26)34-30/h2-8,11-17,20,24,31H,9-10,18-19,21-22H2,1H3/t31-/m1/s1. The van der Waals surface area contributed by atoms with Crippen LogP contribution in [0.2, 0.25) is 5.02 Å². The van der Waals surface area contributed by atoms with Crippen LogP contribution in [-0.2, 0) is 24.2 Å². The number of fused-ring (bicyclic) bond motifs is 1. The number of benzene rings is 3. The van der Waals surface area contributed by atoms with Crippen LogP contribution in [0, 0.1) is 5.92 Å². The predicted octanol–water partition coefficient (Wildman–Crippen LogP) is 8.50. The van der Waals surface area contributed by atoms with Gasteiger partial charge in [0, 0.05) is 22.8 Å². The van der Waals surface area contributed by atoms with Gasteiger partial charge < -0.3 is 4.74 Å². The molecule has 1 saturated carbocycles. The number of pyridine rings is 1. The summed E-state index contributed by atoms with van der Waals surface area (Å²) in [5, 5.41) is 2.36. The first kappa shape index (κ1) is 25.1. The van der Waals surface area contributed by atoms with Gasteiger partial charge in [-0.1, -0.05) is 78.3 Å². The number of nitrogens with zero attached hydrogens (tertiary/aromatic N) is 1. The number of methoxy groups -OCH3 is 1. The molecule has 3 aromatic carbocycles. The summed E-state index contributed by atoms with van der Waals surface area (Å²) in [7, 11) is 1.78. The van der Waals surface area contributed by atoms with E-state index in [-0.39, 0.29) is 0 Å². The molecule has 0 unspecified atom stereocenters. The van der Waals surface area contributed by atoms with E-state index in [2.05, 4.69) is 84.6 Å². The average Bonchev–Trinajstić information content (AvgIpc) is 3.72. The molecule has 0 amide bonds. The Hall–Kier alpha value is -2.59. The number of ether oxygens (including phenoxy) is 1. The third-order valence-electron chi connectivity index (χ3n) is 6.67. The zero-order valence-corrected chi connectivity index (χ0v) is 22.3. The molecule has 1 aliphatic rings. The van der Waals surface area contributed by atoms with Gasteiger partial charge in [-0.2, -0.15) is 11.8 Å². The van der Waals surface area contributed by atoms with Crippen molar-refractivity contribution in [3.63, 3.8) is 0 Å². The van der Waals surface area contributed by atoms with Crippen molar-refractivity contribution in [2.45, 2.75) is 37.5 Å². The lowest BCUT2D eigenvalue weighted by Crippen LogP contribution is -2.14. The van der Waals surface area contributed by atoms with E-state index in [1.54, 1.807) is 7.11 Å². The van der Waals surface area contributed by atoms with Crippen LogP contribution in [0.1, 0.15) is 40.8 Å². The Bertz CT molecular complexity index is 1350. The highest BCUT2D eigenvalue weighted by molar-refractivity contribution is 7.99. The maximum Gasteiger partial charge on any atom is 0.0724 e. The van der Waals surface area contributed by atoms with Crippen LogP contribution in [0.4, 0.5) is 0 Å². The molecule has 0 N–H and O–H groups in total. The molecule has 1 aromatic heterocycles. The number of hydrogen-bond acceptors (Lipinski definition) is 3. The van der Waals surface area contributed by atoms with Gasteiger partial charge in [-0.05, 0) is 83.9 Å². The summed E-state index contributed by atoms with van der Waals surface area (Å²) in [6.07, 6.45) is 9.17. The third kappa shape index (κ3) is 7.00. The molecule has 5 rings (SSSR count). The largest absolute Gasteiger partial charge is 0.380 e. The summed E-state index contributed by atoms with van der Waals surface area (Å²) in [5.74, 6) is 2.19. The van der Waals surface area contributed by atoms with E-state index in [9.17, 15) is 0 Å². The molecule has 36 heavy (non-hydrogen) atoms. The monoisotopic (exact) mass is 513 g/mol. The third-order valence-corrected chi connectivity index (χ3v) is 8.37. The van der Waals surface area contributed by atoms with Gasteiger partial charge in [0.2, 0.25) is 0 Å². The summed E-state index contributed by atoms with van der Waals surface area (Å²) in [4.78, 5) is 4.75. The summed E-state index contributed by atoms with van der Waals surface area (Å²) in [5.41, 5.74) is 7.15. The van der Waals surface area contributed by atoms with Crippen molar-refractivity contribution in [1.29, 1.82) is 0 Å². The molecule has 2 nitrogen and oxygen atoms in total. The first-order chi connectivity index (χ1) is 17.7. The van der Waals surface area contributed by atoms with Gasteiger partial charge in [0.05, 0.1) is 17.8 Å². The average molecular weight is 514 g/mol. The van der Waals surface area contributed by atoms with Gasteiger partial charge in [0.15, 0.2) is 0 Å². The summed E-state index contributed by atoms with van der Waals surface area (Å²) in [6.45, 7) is 0.672. The lowest BCUT2D eigenvalue weighted by molar-refractivity contribution is 0.184. The predicted molar refractivity (Wildman–Crippen MR) is 156 cm³/mol. The van der Waals surface area contributed by atoms with E-state index >= 15 is 0 Å². The van der Waals surface area contributed by atoms with Gasteiger partial charge in [-0.25, -0.2) is 4.98 Å². The molecule has 0 bridgehead atoms. The van der Waals surface area contributed by atoms with Crippen molar-refractivity contribution in [3.05, 3.63) is 112 Å². The van der Waals surface area contributed by atoms with E-state index in [1.165, 1.54) is 40.8 Å². The normalized spacial score (nSPS) is 14.5. The molecular formula is C32H32ClNOS. The first-order valence-electron chi connectivity index (χ1n) is 12.7. The molecule has 1 heterocycles. The van der Waals surface area contributed by atoms with Gasteiger partial charge in [0.25, 0.3) is 0 Å². The highest BCUT2D eigenvalue weighted by Gasteiger charge is 2.23. The van der Waals surface area contributed by atoms with E-state index < -0.39 is 0 Å². The number of aromatic nitrogens is 1. The molecule has 1 atom stereocenters. The number of rotatable bonds is 11. The summed E-state index contributed by atoms with van der Waals surface area (Å²) < 4.78 is 5.46. The van der Waals surface area contributed by atoms with E-state index in [0.29, 0.717) is 16.9 Å². The zero-order chi connectivity index (χ0) is 24.7. The quantitative estimate of drug-likeness (QED) is 0.201. The van der Waals surface area contributed by atoms with E-state index in [0.717, 1.165) is 35.4 Å². The first-order valence-corrected chi connectivity index (χ1v) is 14.1. The van der Waals surface area contributed by atoms with Crippen molar-refractivity contribution < 1.29 is 4.74 Å². The second kappa shape index (κ2) is 12.1. The lowest BCUT2D eigenvalue weighted by Gasteiger charge is -2.19. The van der Waals surface area contributed by atoms with Crippen molar-refractivity contribution >= 4 is 46.4 Å². The SMILES string of the molecule is COCc1ccccc1C[C@@H](Cc1cccc(C=Cc2ccc3ccc(Cl)cc3n2)c1)SCC1CC1. The van der Waals surface area contributed by atoms with Crippen LogP contribution in [0.3, 0.4) is 0 Å². The minimum atomic E-state index is 0.551. The topological polar surface area (TPSA) is 22.1 Å². The van der Waals surface area contributed by atoms with Gasteiger partial charge in [-0.3, -0.25) is 0 Å². The Kier molecular flexibility index (Phi) is 8.43. The fourth-order valence-electron chi connectivity index (χ4n) is 4.51. The Morgan fingerprint density at radius 3 is 2.61 bits per heavy atom. The second-order valence-corrected chi connectivity index (χ2v) is 11.4. The van der Waals surface area contributed by atoms with E-state index in [4.69, 9.17) is 21.3 Å². The van der Waals surface area contributed by atoms with Crippen LogP contribution in [0.5, 0.6) is 0 Å². The maximum atomic E-state index is 6.16. The Labute approximate surface area is 223 Å². The molecule has 1 fully saturated rings. The van der Waals surface area contributed by atoms with Crippen molar-refractivity contribution in [1.82, 2.24) is 4.98 Å². The summed E-state index contributed by atoms with van der Waals surface area (Å²) in [6, 6.07) is 27.6. The molecular weight excluding hydrogens is 482 g/mol. The fraction of sp³-hybridized carbons (Fsp3) is 0.281. The molecule has 1 aliphatic carbocycles. The Morgan fingerprint density at radius 1 is 0.944 bits per heavy atom. The van der Waals surface area contributed by atoms with Crippen LogP contribution >= 0.6 is 23.4 Å². The van der Waals surface area contributed by atoms with Crippen LogP contribution < -0.4 is 0 Å². The smallest absolute Gasteiger partial charge is 0.0724 e. The molecule has 0 saturated heterocycles. The Balaban J connectivity index is 1.31. The molecule has 4 heteroatoms. The maximum absolute atomic E-state index is 6.16. The highest BCUT2D eigenvalue weighted by Crippen LogP contribution is 2.35. The van der Waals surface area contributed by atoms with Gasteiger partial charge in [0.1, 0.15) is 0 Å². The van der Waals surface area contributed by atoms with E-state index in [1.807, 2.05) is 18.2 Å². The van der Waals surface area contributed by atoms with Crippen LogP contribution in [-0.4, -0.2) is 23.1 Å². The molecule has 0 aliphatic heterocycles. The number of hydrogen-bond donors (Lipinski definition) is 0. The van der Waals surface area contributed by atoms with Crippen molar-refractivity contribution in [3.8, 4) is 0 Å². The second-order valence-electron chi connectivity index (χ2n) is 9.66. The molecule has 0 spiro atoms. The lowest BCUT2D eigenvalue weighted by atomic mass is 9.99. The van der Waals surface area contributed by atoms with Crippen LogP contribution in [0.25, 0.3) is 23.1 Å². The van der Waals surface area contributed by atoms with Gasteiger partial charge >= 0.3 is 0 Å². The van der Waals surface area contributed by atoms with Crippen molar-refractivity contribution in [2.75, 3.05) is 12.9 Å². The summed E-state index contributed by atoms with van der Waals surface area (Å²) >= 11 is 8.30. The highest BCUT2D eigenvalue weighted by atomic mass is 35.5. The fourth-order valence-corrected chi connectivity index (χ4v) is 6.16. The van der Waals surface area contributed by atoms with Gasteiger partial charge in [-0.15, -0.1) is 0 Å². The zero-order valence-electron chi connectivity index (χ0n) is 20.7. The number of halogens is 1. The Morgan fingerprint density at radius 2 is 1.78 bits per heavy atom. The minimum absolute atomic E-state index is 0.551. The molecule has 4 aromatic rings.